The molecular formula is C24H41O2+. The van der Waals surface area contributed by atoms with Crippen LogP contribution in [0.2, 0.25) is 0 Å². The second-order valence-corrected chi connectivity index (χ2v) is 9.99. The van der Waals surface area contributed by atoms with Crippen LogP contribution in [0.25, 0.3) is 0 Å². The summed E-state index contributed by atoms with van der Waals surface area (Å²) in [6.45, 7) is 0. The van der Waals surface area contributed by atoms with E-state index in [1.807, 2.05) is 0 Å². The smallest absolute Gasteiger partial charge is 0.158 e. The van der Waals surface area contributed by atoms with Crippen molar-refractivity contribution in [3.05, 3.63) is 0 Å². The fourth-order valence-corrected chi connectivity index (χ4v) is 6.67. The van der Waals surface area contributed by atoms with Crippen LogP contribution in [0, 0.1) is 23.7 Å². The van der Waals surface area contributed by atoms with Gasteiger partial charge in [-0.05, 0) is 38.5 Å². The quantitative estimate of drug-likeness (QED) is 0.567. The van der Waals surface area contributed by atoms with E-state index in [2.05, 4.69) is 0 Å². The molecule has 0 aromatic heterocycles. The number of aliphatic hydroxyl groups is 2. The topological polar surface area (TPSA) is 29.9 Å². The summed E-state index contributed by atoms with van der Waals surface area (Å²) >= 11 is 0. The lowest BCUT2D eigenvalue weighted by Gasteiger charge is -2.41. The van der Waals surface area contributed by atoms with Crippen molar-refractivity contribution < 1.29 is 9.53 Å². The molecule has 1 saturated heterocycles. The highest BCUT2D eigenvalue weighted by molar-refractivity contribution is 5.83. The fraction of sp³-hybridized carbons (Fsp3) is 0.958. The third-order valence-electron chi connectivity index (χ3n) is 8.23. The Hall–Kier alpha value is -0.370. The van der Waals surface area contributed by atoms with Gasteiger partial charge in [-0.25, -0.2) is 0 Å². The SMILES string of the molecule is O=C(C1CCCCC1)C1CC(C2CCCCC2)[OH+]C(C2CCCCC2)C1. The number of hydrogen-bond donors (Lipinski definition) is 0. The van der Waals surface area contributed by atoms with E-state index in [1.54, 1.807) is 0 Å². The van der Waals surface area contributed by atoms with E-state index in [1.165, 1.54) is 96.3 Å². The molecule has 4 aliphatic rings. The summed E-state index contributed by atoms with van der Waals surface area (Å²) in [7, 11) is 0. The minimum absolute atomic E-state index is 0.342. The summed E-state index contributed by atoms with van der Waals surface area (Å²) in [4.78, 5) is 13.4. The Morgan fingerprint density at radius 3 is 1.42 bits per heavy atom. The van der Waals surface area contributed by atoms with Crippen molar-refractivity contribution in [2.24, 2.45) is 23.7 Å². The number of ether oxygens (including phenoxy) is 1. The van der Waals surface area contributed by atoms with Gasteiger partial charge in [0, 0.05) is 36.5 Å². The maximum absolute atomic E-state index is 13.4. The zero-order valence-corrected chi connectivity index (χ0v) is 16.8. The third kappa shape index (κ3) is 4.54. The van der Waals surface area contributed by atoms with Crippen molar-refractivity contribution in [2.45, 2.75) is 121 Å². The Balaban J connectivity index is 1.45. The molecule has 0 aromatic carbocycles. The third-order valence-corrected chi connectivity index (χ3v) is 8.23. The Labute approximate surface area is 160 Å². The zero-order valence-electron chi connectivity index (χ0n) is 16.8. The van der Waals surface area contributed by atoms with Crippen LogP contribution in [-0.4, -0.2) is 22.7 Å². The van der Waals surface area contributed by atoms with E-state index in [0.29, 0.717) is 29.8 Å². The normalized spacial score (nSPS) is 36.1. The molecule has 1 aliphatic heterocycles. The van der Waals surface area contributed by atoms with Crippen molar-refractivity contribution in [1.82, 2.24) is 0 Å². The van der Waals surface area contributed by atoms with Crippen LogP contribution in [0.1, 0.15) is 109 Å². The van der Waals surface area contributed by atoms with Crippen molar-refractivity contribution in [3.8, 4) is 0 Å². The molecule has 1 heterocycles. The lowest BCUT2D eigenvalue weighted by molar-refractivity contribution is -0.240. The first-order valence-electron chi connectivity index (χ1n) is 12.0. The van der Waals surface area contributed by atoms with E-state index in [9.17, 15) is 4.79 Å². The Morgan fingerprint density at radius 1 is 0.538 bits per heavy atom. The van der Waals surface area contributed by atoms with E-state index in [0.717, 1.165) is 24.7 Å². The predicted molar refractivity (Wildman–Crippen MR) is 107 cm³/mol. The van der Waals surface area contributed by atoms with Gasteiger partial charge in [-0.3, -0.25) is 4.79 Å². The Kier molecular flexibility index (Phi) is 6.72. The summed E-state index contributed by atoms with van der Waals surface area (Å²) in [6, 6.07) is 0. The molecule has 4 rings (SSSR count). The highest BCUT2D eigenvalue weighted by Crippen LogP contribution is 2.41. The molecule has 3 saturated carbocycles. The summed E-state index contributed by atoms with van der Waals surface area (Å²) in [5.41, 5.74) is 0. The molecular weight excluding hydrogens is 320 g/mol. The van der Waals surface area contributed by atoms with Crippen molar-refractivity contribution in [2.75, 3.05) is 0 Å². The maximum Gasteiger partial charge on any atom is 0.158 e. The van der Waals surface area contributed by atoms with Gasteiger partial charge in [-0.2, -0.15) is 0 Å². The summed E-state index contributed by atoms with van der Waals surface area (Å²) in [5, 5.41) is 0. The minimum atomic E-state index is 0.342. The van der Waals surface area contributed by atoms with Gasteiger partial charge in [0.15, 0.2) is 12.2 Å². The van der Waals surface area contributed by atoms with E-state index in [4.69, 9.17) is 4.74 Å². The summed E-state index contributed by atoms with van der Waals surface area (Å²) in [6.07, 6.45) is 23.4. The van der Waals surface area contributed by atoms with Gasteiger partial charge in [0.25, 0.3) is 0 Å². The van der Waals surface area contributed by atoms with Gasteiger partial charge < -0.3 is 4.74 Å². The first-order chi connectivity index (χ1) is 12.8. The molecule has 1 N–H and O–H groups in total. The molecule has 2 nitrogen and oxygen atoms in total. The Bertz CT molecular complexity index is 415. The fourth-order valence-electron chi connectivity index (χ4n) is 6.67. The maximum atomic E-state index is 13.4. The number of ketones is 1. The van der Waals surface area contributed by atoms with Crippen molar-refractivity contribution in [3.63, 3.8) is 0 Å². The molecule has 4 fully saturated rings. The average molecular weight is 362 g/mol. The first-order valence-corrected chi connectivity index (χ1v) is 12.0. The molecule has 148 valence electrons. The van der Waals surface area contributed by atoms with Crippen LogP contribution in [-0.2, 0) is 4.79 Å². The Morgan fingerprint density at radius 2 is 0.962 bits per heavy atom. The van der Waals surface area contributed by atoms with Crippen LogP contribution < -0.4 is 0 Å². The van der Waals surface area contributed by atoms with Crippen molar-refractivity contribution >= 4 is 5.78 Å². The molecule has 2 atom stereocenters. The standard InChI is InChI=1S/C24H40O2/c25-24(20-14-8-3-9-15-20)21-16-22(18-10-4-1-5-11-18)26-23(17-21)19-12-6-2-7-13-19/h18-23H,1-17H2/p+1. The van der Waals surface area contributed by atoms with Crippen molar-refractivity contribution in [1.29, 1.82) is 0 Å². The number of carbonyl (C=O) groups excluding carboxylic acids is 1. The number of carbonyl (C=O) groups is 1. The first kappa shape index (κ1) is 19.0. The molecule has 0 spiro atoms. The molecule has 3 aliphatic carbocycles. The highest BCUT2D eigenvalue weighted by Gasteiger charge is 2.45. The predicted octanol–water partition coefficient (Wildman–Crippen LogP) is 5.97. The largest absolute Gasteiger partial charge is 0.429 e. The van der Waals surface area contributed by atoms with Crippen LogP contribution >= 0.6 is 0 Å². The molecule has 0 bridgehead atoms. The average Bonchev–Trinajstić information content (AvgIpc) is 2.75. The van der Waals surface area contributed by atoms with E-state index < -0.39 is 0 Å². The van der Waals surface area contributed by atoms with Gasteiger partial charge in [0.2, 0.25) is 0 Å². The second-order valence-electron chi connectivity index (χ2n) is 9.99. The number of rotatable bonds is 4. The molecule has 0 radical (unpaired) electrons. The van der Waals surface area contributed by atoms with Crippen LogP contribution in [0.5, 0.6) is 0 Å². The van der Waals surface area contributed by atoms with Crippen LogP contribution in [0.15, 0.2) is 0 Å². The van der Waals surface area contributed by atoms with Gasteiger partial charge in [0.1, 0.15) is 5.78 Å². The van der Waals surface area contributed by atoms with Gasteiger partial charge in [-0.1, -0.05) is 57.8 Å². The van der Waals surface area contributed by atoms with Gasteiger partial charge >= 0.3 is 0 Å². The molecule has 2 heteroatoms. The summed E-state index contributed by atoms with van der Waals surface area (Å²) < 4.78 is 5.45. The lowest BCUT2D eigenvalue weighted by Crippen LogP contribution is -2.47. The number of Topliss-reactive ketones (excluding diaryl/α,β-unsaturated/α-hetero) is 1. The molecule has 2 unspecified atom stereocenters. The lowest BCUT2D eigenvalue weighted by atomic mass is 9.71. The highest BCUT2D eigenvalue weighted by atomic mass is 16.5. The van der Waals surface area contributed by atoms with E-state index >= 15 is 0 Å². The molecule has 0 aromatic rings. The van der Waals surface area contributed by atoms with E-state index in [-0.39, 0.29) is 0 Å². The zero-order chi connectivity index (χ0) is 17.8. The van der Waals surface area contributed by atoms with Gasteiger partial charge in [-0.15, -0.1) is 0 Å². The molecule has 0 amide bonds. The molecule has 26 heavy (non-hydrogen) atoms. The van der Waals surface area contributed by atoms with Crippen LogP contribution in [0.3, 0.4) is 0 Å². The second kappa shape index (κ2) is 9.22. The summed E-state index contributed by atoms with van der Waals surface area (Å²) in [5.74, 6) is 2.97. The number of hydrogen-bond acceptors (Lipinski definition) is 1. The minimum Gasteiger partial charge on any atom is -0.429 e. The van der Waals surface area contributed by atoms with Crippen LogP contribution in [0.4, 0.5) is 0 Å². The van der Waals surface area contributed by atoms with Gasteiger partial charge in [0.05, 0.1) is 0 Å². The monoisotopic (exact) mass is 361 g/mol.